The number of carbonyl (C=O) groups is 1. The average molecular weight is 237 g/mol. The van der Waals surface area contributed by atoms with Gasteiger partial charge in [-0.3, -0.25) is 9.89 Å². The molecule has 0 spiro atoms. The first-order valence-corrected chi connectivity index (χ1v) is 6.13. The van der Waals surface area contributed by atoms with E-state index in [2.05, 4.69) is 37.9 Å². The molecule has 1 heterocycles. The van der Waals surface area contributed by atoms with Crippen LogP contribution in [0, 0.1) is 5.41 Å². The van der Waals surface area contributed by atoms with Crippen molar-refractivity contribution in [2.75, 3.05) is 13.6 Å². The molecule has 0 saturated heterocycles. The van der Waals surface area contributed by atoms with Crippen molar-refractivity contribution in [3.63, 3.8) is 0 Å². The Hall–Kier alpha value is -1.32. The number of amides is 1. The van der Waals surface area contributed by atoms with Gasteiger partial charge in [-0.05, 0) is 11.8 Å². The van der Waals surface area contributed by atoms with E-state index < -0.39 is 0 Å². The second-order valence-electron chi connectivity index (χ2n) is 5.73. The molecule has 1 N–H and O–H groups in total. The fraction of sp³-hybridized carbons (Fsp3) is 0.692. The highest BCUT2D eigenvalue weighted by atomic mass is 16.2. The molecule has 0 fully saturated rings. The van der Waals surface area contributed by atoms with E-state index in [4.69, 9.17) is 0 Å². The molecule has 0 bridgehead atoms. The van der Waals surface area contributed by atoms with E-state index in [1.54, 1.807) is 11.1 Å². The normalized spacial score (nSPS) is 11.6. The summed E-state index contributed by atoms with van der Waals surface area (Å²) in [7, 11) is 1.84. The Morgan fingerprint density at radius 2 is 2.12 bits per heavy atom. The highest BCUT2D eigenvalue weighted by molar-refractivity contribution is 5.94. The van der Waals surface area contributed by atoms with Gasteiger partial charge in [0.1, 0.15) is 0 Å². The first-order chi connectivity index (χ1) is 7.85. The van der Waals surface area contributed by atoms with Crippen LogP contribution in [0.15, 0.2) is 6.20 Å². The van der Waals surface area contributed by atoms with Gasteiger partial charge in [0.2, 0.25) is 0 Å². The van der Waals surface area contributed by atoms with Gasteiger partial charge in [0, 0.05) is 19.3 Å². The SMILES string of the molecule is CCCc1[nH]ncc1C(=O)N(C)CC(C)(C)C. The number of aromatic nitrogens is 2. The van der Waals surface area contributed by atoms with E-state index in [0.29, 0.717) is 5.56 Å². The molecule has 96 valence electrons. The Bertz CT molecular complexity index is 376. The Kier molecular flexibility index (Phi) is 4.32. The van der Waals surface area contributed by atoms with Gasteiger partial charge >= 0.3 is 0 Å². The second kappa shape index (κ2) is 5.34. The largest absolute Gasteiger partial charge is 0.341 e. The first-order valence-electron chi connectivity index (χ1n) is 6.13. The molecule has 0 aliphatic heterocycles. The zero-order chi connectivity index (χ0) is 13.1. The Balaban J connectivity index is 2.78. The minimum Gasteiger partial charge on any atom is -0.341 e. The van der Waals surface area contributed by atoms with Crippen LogP contribution >= 0.6 is 0 Å². The van der Waals surface area contributed by atoms with E-state index >= 15 is 0 Å². The average Bonchev–Trinajstić information content (AvgIpc) is 2.62. The van der Waals surface area contributed by atoms with Crippen molar-refractivity contribution in [3.8, 4) is 0 Å². The van der Waals surface area contributed by atoms with Crippen LogP contribution in [-0.2, 0) is 6.42 Å². The maximum absolute atomic E-state index is 12.2. The van der Waals surface area contributed by atoms with Crippen LogP contribution in [-0.4, -0.2) is 34.6 Å². The molecular weight excluding hydrogens is 214 g/mol. The van der Waals surface area contributed by atoms with Gasteiger partial charge < -0.3 is 4.90 Å². The number of aromatic amines is 1. The third-order valence-electron chi connectivity index (χ3n) is 2.51. The van der Waals surface area contributed by atoms with E-state index in [9.17, 15) is 4.79 Å². The molecule has 0 aliphatic carbocycles. The molecule has 0 aliphatic rings. The zero-order valence-electron chi connectivity index (χ0n) is 11.5. The van der Waals surface area contributed by atoms with Gasteiger partial charge in [-0.2, -0.15) is 5.10 Å². The number of rotatable bonds is 4. The van der Waals surface area contributed by atoms with Gasteiger partial charge in [-0.1, -0.05) is 34.1 Å². The molecule has 17 heavy (non-hydrogen) atoms. The van der Waals surface area contributed by atoms with Gasteiger partial charge in [-0.25, -0.2) is 0 Å². The van der Waals surface area contributed by atoms with Crippen molar-refractivity contribution in [1.82, 2.24) is 15.1 Å². The molecule has 0 aromatic carbocycles. The molecule has 0 unspecified atom stereocenters. The minimum atomic E-state index is 0.0529. The summed E-state index contributed by atoms with van der Waals surface area (Å²) in [5.74, 6) is 0.0529. The molecular formula is C13H23N3O. The van der Waals surface area contributed by atoms with Crippen molar-refractivity contribution in [2.45, 2.75) is 40.5 Å². The van der Waals surface area contributed by atoms with Crippen LogP contribution in [0.1, 0.15) is 50.2 Å². The highest BCUT2D eigenvalue weighted by Crippen LogP contribution is 2.17. The molecule has 4 nitrogen and oxygen atoms in total. The van der Waals surface area contributed by atoms with Gasteiger partial charge in [0.15, 0.2) is 0 Å². The lowest BCUT2D eigenvalue weighted by Gasteiger charge is -2.26. The van der Waals surface area contributed by atoms with Crippen LogP contribution < -0.4 is 0 Å². The minimum absolute atomic E-state index is 0.0529. The summed E-state index contributed by atoms with van der Waals surface area (Å²) >= 11 is 0. The molecule has 1 rings (SSSR count). The zero-order valence-corrected chi connectivity index (χ0v) is 11.5. The summed E-state index contributed by atoms with van der Waals surface area (Å²) < 4.78 is 0. The number of hydrogen-bond acceptors (Lipinski definition) is 2. The molecule has 0 radical (unpaired) electrons. The van der Waals surface area contributed by atoms with Gasteiger partial charge in [-0.15, -0.1) is 0 Å². The predicted octanol–water partition coefficient (Wildman–Crippen LogP) is 2.48. The van der Waals surface area contributed by atoms with E-state index in [1.165, 1.54) is 0 Å². The number of nitrogens with one attached hydrogen (secondary N) is 1. The number of H-pyrrole nitrogens is 1. The van der Waals surface area contributed by atoms with Crippen molar-refractivity contribution < 1.29 is 4.79 Å². The number of hydrogen-bond donors (Lipinski definition) is 1. The lowest BCUT2D eigenvalue weighted by Crippen LogP contribution is -2.34. The van der Waals surface area contributed by atoms with E-state index in [0.717, 1.165) is 25.1 Å². The second-order valence-corrected chi connectivity index (χ2v) is 5.73. The van der Waals surface area contributed by atoms with Gasteiger partial charge in [0.25, 0.3) is 5.91 Å². The summed E-state index contributed by atoms with van der Waals surface area (Å²) in [4.78, 5) is 14.0. The maximum atomic E-state index is 12.2. The molecule has 0 saturated carbocycles. The van der Waals surface area contributed by atoms with Crippen LogP contribution in [0.2, 0.25) is 0 Å². The number of aryl methyl sites for hydroxylation is 1. The quantitative estimate of drug-likeness (QED) is 0.874. The molecule has 1 amide bonds. The number of nitrogens with zero attached hydrogens (tertiary/aromatic N) is 2. The van der Waals surface area contributed by atoms with E-state index in [-0.39, 0.29) is 11.3 Å². The predicted molar refractivity (Wildman–Crippen MR) is 69.0 cm³/mol. The maximum Gasteiger partial charge on any atom is 0.257 e. The third-order valence-corrected chi connectivity index (χ3v) is 2.51. The molecule has 0 atom stereocenters. The fourth-order valence-corrected chi connectivity index (χ4v) is 1.93. The van der Waals surface area contributed by atoms with Crippen LogP contribution in [0.3, 0.4) is 0 Å². The first kappa shape index (κ1) is 13.7. The summed E-state index contributed by atoms with van der Waals surface area (Å²) in [6, 6.07) is 0. The van der Waals surface area contributed by atoms with Crippen LogP contribution in [0.5, 0.6) is 0 Å². The molecule has 1 aromatic heterocycles. The summed E-state index contributed by atoms with van der Waals surface area (Å²) in [6.45, 7) is 9.20. The Morgan fingerprint density at radius 3 is 2.65 bits per heavy atom. The topological polar surface area (TPSA) is 49.0 Å². The summed E-state index contributed by atoms with van der Waals surface area (Å²) in [5, 5.41) is 6.88. The van der Waals surface area contributed by atoms with Crippen molar-refractivity contribution in [1.29, 1.82) is 0 Å². The third kappa shape index (κ3) is 3.88. The van der Waals surface area contributed by atoms with Crippen LogP contribution in [0.4, 0.5) is 0 Å². The summed E-state index contributed by atoms with van der Waals surface area (Å²) in [6.07, 6.45) is 3.50. The monoisotopic (exact) mass is 237 g/mol. The van der Waals surface area contributed by atoms with Gasteiger partial charge in [0.05, 0.1) is 11.8 Å². The van der Waals surface area contributed by atoms with E-state index in [1.807, 2.05) is 7.05 Å². The Labute approximate surface area is 103 Å². The van der Waals surface area contributed by atoms with Crippen molar-refractivity contribution in [2.24, 2.45) is 5.41 Å². The molecule has 1 aromatic rings. The lowest BCUT2D eigenvalue weighted by molar-refractivity contribution is 0.0744. The van der Waals surface area contributed by atoms with Crippen molar-refractivity contribution >= 4 is 5.91 Å². The fourth-order valence-electron chi connectivity index (χ4n) is 1.93. The number of carbonyl (C=O) groups excluding carboxylic acids is 1. The molecule has 4 heteroatoms. The standard InChI is InChI=1S/C13H23N3O/c1-6-7-11-10(8-14-15-11)12(17)16(5)9-13(2,3)4/h8H,6-7,9H2,1-5H3,(H,14,15). The van der Waals surface area contributed by atoms with Crippen molar-refractivity contribution in [3.05, 3.63) is 17.5 Å². The Morgan fingerprint density at radius 1 is 1.47 bits per heavy atom. The highest BCUT2D eigenvalue weighted by Gasteiger charge is 2.21. The smallest absolute Gasteiger partial charge is 0.257 e. The lowest BCUT2D eigenvalue weighted by atomic mass is 9.96. The van der Waals surface area contributed by atoms with Crippen LogP contribution in [0.25, 0.3) is 0 Å². The summed E-state index contributed by atoms with van der Waals surface area (Å²) in [5.41, 5.74) is 1.76.